The molecule has 2 atom stereocenters. The summed E-state index contributed by atoms with van der Waals surface area (Å²) in [6, 6.07) is 5.62. The average molecular weight is 337 g/mol. The minimum absolute atomic E-state index is 0.00916. The van der Waals surface area contributed by atoms with Gasteiger partial charge >= 0.3 is 5.97 Å². The molecule has 0 saturated carbocycles. The van der Waals surface area contributed by atoms with Gasteiger partial charge < -0.3 is 10.1 Å². The second kappa shape index (κ2) is 6.54. The highest BCUT2D eigenvalue weighted by atomic mass is 32.2. The lowest BCUT2D eigenvalue weighted by Gasteiger charge is -2.21. The number of rotatable bonds is 1. The summed E-state index contributed by atoms with van der Waals surface area (Å²) in [4.78, 5) is 24.4. The molecule has 1 N–H and O–H groups in total. The molecule has 2 aliphatic heterocycles. The van der Waals surface area contributed by atoms with Crippen molar-refractivity contribution < 1.29 is 14.3 Å². The maximum atomic E-state index is 12.3. The molecule has 0 spiro atoms. The molecule has 0 aliphatic carbocycles. The van der Waals surface area contributed by atoms with Crippen LogP contribution in [0.25, 0.3) is 0 Å². The third kappa shape index (κ3) is 3.43. The third-order valence-electron chi connectivity index (χ3n) is 3.90. The first-order chi connectivity index (χ1) is 10.5. The smallest absolute Gasteiger partial charge is 0.312 e. The molecule has 1 fully saturated rings. The molecule has 22 heavy (non-hydrogen) atoms. The number of hydrogen-bond donors (Lipinski definition) is 1. The first-order valence-electron chi connectivity index (χ1n) is 7.40. The van der Waals surface area contributed by atoms with Crippen molar-refractivity contribution in [2.45, 2.75) is 43.1 Å². The number of nitrogens with one attached hydrogen (secondary N) is 1. The molecule has 118 valence electrons. The first-order valence-corrected chi connectivity index (χ1v) is 9.50. The van der Waals surface area contributed by atoms with Crippen molar-refractivity contribution >= 4 is 41.1 Å². The summed E-state index contributed by atoms with van der Waals surface area (Å²) in [5.41, 5.74) is 1.70. The zero-order chi connectivity index (χ0) is 15.7. The first kappa shape index (κ1) is 15.7. The van der Waals surface area contributed by atoms with Crippen molar-refractivity contribution in [3.63, 3.8) is 0 Å². The maximum absolute atomic E-state index is 12.3. The van der Waals surface area contributed by atoms with E-state index in [9.17, 15) is 9.59 Å². The summed E-state index contributed by atoms with van der Waals surface area (Å²) in [5, 5.41) is 4.20. The van der Waals surface area contributed by atoms with Crippen molar-refractivity contribution in [2.75, 3.05) is 10.4 Å². The number of hydrogen-bond acceptors (Lipinski definition) is 5. The number of carbonyl (C=O) groups is 2. The third-order valence-corrected chi connectivity index (χ3v) is 7.01. The lowest BCUT2D eigenvalue weighted by molar-refractivity contribution is -0.134. The zero-order valence-corrected chi connectivity index (χ0v) is 14.3. The van der Waals surface area contributed by atoms with E-state index in [4.69, 9.17) is 4.74 Å². The predicted octanol–water partition coefficient (Wildman–Crippen LogP) is 3.62. The van der Waals surface area contributed by atoms with Crippen LogP contribution in [0.3, 0.4) is 0 Å². The van der Waals surface area contributed by atoms with Crippen LogP contribution in [-0.2, 0) is 9.59 Å². The Morgan fingerprint density at radius 3 is 2.64 bits per heavy atom. The standard InChI is InChI=1S/C16H19NO3S2/c1-9(2)10-3-4-12-11(5-10)17-15(18)6-13-14(22-8-21-13)7-16(19)20-12/h3-5,9,13-14H,6-8H2,1-2H3,(H,17,18)/t13-,14?/m1/s1. The number of amides is 1. The monoisotopic (exact) mass is 337 g/mol. The molecule has 1 aromatic rings. The van der Waals surface area contributed by atoms with Gasteiger partial charge in [0.05, 0.1) is 12.1 Å². The molecule has 0 bridgehead atoms. The Morgan fingerprint density at radius 2 is 1.91 bits per heavy atom. The molecule has 0 radical (unpaired) electrons. The number of anilines is 1. The fraction of sp³-hybridized carbons (Fsp3) is 0.500. The Bertz CT molecular complexity index is 603. The second-order valence-corrected chi connectivity index (χ2v) is 8.69. The lowest BCUT2D eigenvalue weighted by Crippen LogP contribution is -2.28. The zero-order valence-electron chi connectivity index (χ0n) is 12.6. The van der Waals surface area contributed by atoms with Crippen LogP contribution < -0.4 is 10.1 Å². The molecule has 1 saturated heterocycles. The van der Waals surface area contributed by atoms with E-state index in [2.05, 4.69) is 19.2 Å². The summed E-state index contributed by atoms with van der Waals surface area (Å²) in [5.74, 6) is 0.557. The van der Waals surface area contributed by atoms with Crippen LogP contribution in [-0.4, -0.2) is 27.5 Å². The maximum Gasteiger partial charge on any atom is 0.312 e. The van der Waals surface area contributed by atoms with Crippen molar-refractivity contribution in [2.24, 2.45) is 0 Å². The Hall–Kier alpha value is -1.14. The number of thioether (sulfide) groups is 2. The highest BCUT2D eigenvalue weighted by molar-refractivity contribution is 8.19. The van der Waals surface area contributed by atoms with Crippen LogP contribution in [0.5, 0.6) is 5.75 Å². The van der Waals surface area contributed by atoms with Crippen LogP contribution in [0.15, 0.2) is 18.2 Å². The Balaban J connectivity index is 1.91. The fourth-order valence-corrected chi connectivity index (χ4v) is 5.94. The van der Waals surface area contributed by atoms with Gasteiger partial charge in [-0.15, -0.1) is 23.5 Å². The molecule has 4 nitrogen and oxygen atoms in total. The average Bonchev–Trinajstić information content (AvgIpc) is 2.87. The summed E-state index contributed by atoms with van der Waals surface area (Å²) < 4.78 is 5.49. The van der Waals surface area contributed by atoms with E-state index < -0.39 is 0 Å². The molecule has 1 unspecified atom stereocenters. The van der Waals surface area contributed by atoms with Crippen LogP contribution >= 0.6 is 23.5 Å². The summed E-state index contributed by atoms with van der Waals surface area (Å²) in [6.45, 7) is 4.18. The van der Waals surface area contributed by atoms with E-state index in [1.165, 1.54) is 0 Å². The molecule has 6 heteroatoms. The number of ether oxygens (including phenoxy) is 1. The molecule has 2 aliphatic rings. The van der Waals surface area contributed by atoms with Crippen molar-refractivity contribution in [1.29, 1.82) is 0 Å². The van der Waals surface area contributed by atoms with Crippen LogP contribution in [0.4, 0.5) is 5.69 Å². The second-order valence-electron chi connectivity index (χ2n) is 5.87. The van der Waals surface area contributed by atoms with Crippen LogP contribution in [0, 0.1) is 0 Å². The summed E-state index contributed by atoms with van der Waals surface area (Å²) in [6.07, 6.45) is 0.807. The van der Waals surface area contributed by atoms with E-state index >= 15 is 0 Å². The van der Waals surface area contributed by atoms with E-state index in [-0.39, 0.29) is 22.4 Å². The summed E-state index contributed by atoms with van der Waals surface area (Å²) in [7, 11) is 0. The number of benzene rings is 1. The van der Waals surface area contributed by atoms with Gasteiger partial charge in [0, 0.05) is 22.0 Å². The topological polar surface area (TPSA) is 55.4 Å². The minimum atomic E-state index is -0.223. The van der Waals surface area contributed by atoms with Gasteiger partial charge in [-0.3, -0.25) is 9.59 Å². The molecule has 3 rings (SSSR count). The molecular formula is C16H19NO3S2. The van der Waals surface area contributed by atoms with Crippen LogP contribution in [0.2, 0.25) is 0 Å². The van der Waals surface area contributed by atoms with E-state index in [1.54, 1.807) is 29.6 Å². The minimum Gasteiger partial charge on any atom is -0.424 e. The molecule has 0 aromatic heterocycles. The highest BCUT2D eigenvalue weighted by Crippen LogP contribution is 2.41. The van der Waals surface area contributed by atoms with Gasteiger partial charge in [0.2, 0.25) is 5.91 Å². The quantitative estimate of drug-likeness (QED) is 0.626. The molecule has 2 heterocycles. The predicted molar refractivity (Wildman–Crippen MR) is 91.7 cm³/mol. The van der Waals surface area contributed by atoms with Crippen molar-refractivity contribution in [1.82, 2.24) is 0 Å². The van der Waals surface area contributed by atoms with Crippen LogP contribution in [0.1, 0.15) is 38.2 Å². The molecular weight excluding hydrogens is 318 g/mol. The van der Waals surface area contributed by atoms with Gasteiger partial charge in [-0.05, 0) is 23.6 Å². The Kier molecular flexibility index (Phi) is 4.68. The van der Waals surface area contributed by atoms with Gasteiger partial charge in [-0.25, -0.2) is 0 Å². The fourth-order valence-electron chi connectivity index (χ4n) is 2.62. The van der Waals surface area contributed by atoms with Gasteiger partial charge in [-0.2, -0.15) is 0 Å². The molecule has 1 aromatic carbocycles. The summed E-state index contributed by atoms with van der Waals surface area (Å²) >= 11 is 3.49. The number of carbonyl (C=O) groups excluding carboxylic acids is 2. The Labute approximate surface area is 138 Å². The van der Waals surface area contributed by atoms with Gasteiger partial charge in [-0.1, -0.05) is 19.9 Å². The number of fused-ring (bicyclic) bond motifs is 2. The van der Waals surface area contributed by atoms with Crippen molar-refractivity contribution in [3.05, 3.63) is 23.8 Å². The SMILES string of the molecule is CC(C)c1ccc2c(c1)NC(=O)C[C@H]1SCSC1CC(=O)O2. The van der Waals surface area contributed by atoms with E-state index in [0.29, 0.717) is 30.2 Å². The largest absolute Gasteiger partial charge is 0.424 e. The normalized spacial score (nSPS) is 25.2. The van der Waals surface area contributed by atoms with E-state index in [0.717, 1.165) is 10.6 Å². The van der Waals surface area contributed by atoms with Gasteiger partial charge in [0.15, 0.2) is 5.75 Å². The lowest BCUT2D eigenvalue weighted by atomic mass is 10.0. The number of esters is 1. The Morgan fingerprint density at radius 1 is 1.18 bits per heavy atom. The van der Waals surface area contributed by atoms with Gasteiger partial charge in [0.1, 0.15) is 0 Å². The highest BCUT2D eigenvalue weighted by Gasteiger charge is 2.34. The van der Waals surface area contributed by atoms with Crippen molar-refractivity contribution in [3.8, 4) is 5.75 Å². The van der Waals surface area contributed by atoms with Gasteiger partial charge in [0.25, 0.3) is 0 Å². The molecule has 1 amide bonds. The van der Waals surface area contributed by atoms with E-state index in [1.807, 2.05) is 12.1 Å².